The molecule has 0 aliphatic rings. The Kier molecular flexibility index (Phi) is 4.75. The molecule has 0 aliphatic heterocycles. The van der Waals surface area contributed by atoms with Crippen molar-refractivity contribution in [2.75, 3.05) is 19.0 Å². The van der Waals surface area contributed by atoms with Crippen LogP contribution in [0.4, 0.5) is 5.82 Å². The van der Waals surface area contributed by atoms with E-state index in [1.165, 1.54) is 0 Å². The molecule has 0 unspecified atom stereocenters. The molecule has 1 amide bonds. The SMILES string of the molecule is CN(C)c1ncccc1CNC(=O)c1cc(Cl)c(Cl)n1C. The molecule has 1 N–H and O–H groups in total. The Hall–Kier alpha value is -1.72. The van der Waals surface area contributed by atoms with Crippen LogP contribution in [0, 0.1) is 0 Å². The summed E-state index contributed by atoms with van der Waals surface area (Å²) in [6.07, 6.45) is 1.72. The molecule has 2 rings (SSSR count). The zero-order chi connectivity index (χ0) is 15.6. The fourth-order valence-electron chi connectivity index (χ4n) is 2.00. The summed E-state index contributed by atoms with van der Waals surface area (Å²) in [6.45, 7) is 0.376. The maximum absolute atomic E-state index is 12.2. The summed E-state index contributed by atoms with van der Waals surface area (Å²) in [5.74, 6) is 0.584. The zero-order valence-corrected chi connectivity index (χ0v) is 13.5. The summed E-state index contributed by atoms with van der Waals surface area (Å²) >= 11 is 11.9. The second-order valence-corrected chi connectivity index (χ2v) is 5.56. The lowest BCUT2D eigenvalue weighted by molar-refractivity contribution is 0.0943. The Balaban J connectivity index is 2.13. The first-order valence-corrected chi connectivity index (χ1v) is 7.07. The van der Waals surface area contributed by atoms with Crippen LogP contribution in [0.5, 0.6) is 0 Å². The van der Waals surface area contributed by atoms with E-state index >= 15 is 0 Å². The fourth-order valence-corrected chi connectivity index (χ4v) is 2.37. The van der Waals surface area contributed by atoms with Crippen molar-refractivity contribution >= 4 is 34.9 Å². The standard InChI is InChI=1S/C14H16Cl2N4O/c1-19(2)13-9(5-4-6-17-13)8-18-14(21)11-7-10(15)12(16)20(11)3/h4-7H,8H2,1-3H3,(H,18,21). The molecule has 0 spiro atoms. The fraction of sp³-hybridized carbons (Fsp3) is 0.286. The number of nitrogens with one attached hydrogen (secondary N) is 1. The molecule has 0 radical (unpaired) electrons. The van der Waals surface area contributed by atoms with Gasteiger partial charge in [-0.05, 0) is 12.1 Å². The lowest BCUT2D eigenvalue weighted by Gasteiger charge is -2.16. The number of hydrogen-bond donors (Lipinski definition) is 1. The van der Waals surface area contributed by atoms with E-state index in [9.17, 15) is 4.79 Å². The number of aromatic nitrogens is 2. The maximum atomic E-state index is 12.2. The van der Waals surface area contributed by atoms with Gasteiger partial charge in [0, 0.05) is 39.4 Å². The molecule has 0 aromatic carbocycles. The highest BCUT2D eigenvalue weighted by molar-refractivity contribution is 6.41. The number of carbonyl (C=O) groups is 1. The van der Waals surface area contributed by atoms with Gasteiger partial charge in [-0.3, -0.25) is 4.79 Å². The normalized spacial score (nSPS) is 10.5. The molecule has 0 bridgehead atoms. The first-order chi connectivity index (χ1) is 9.91. The molecule has 0 aliphatic carbocycles. The summed E-state index contributed by atoms with van der Waals surface area (Å²) in [4.78, 5) is 18.4. The first kappa shape index (κ1) is 15.7. The topological polar surface area (TPSA) is 50.2 Å². The van der Waals surface area contributed by atoms with Crippen LogP contribution in [0.1, 0.15) is 16.1 Å². The molecule has 0 saturated heterocycles. The van der Waals surface area contributed by atoms with Crippen molar-refractivity contribution in [1.29, 1.82) is 0 Å². The van der Waals surface area contributed by atoms with Crippen molar-refractivity contribution in [3.63, 3.8) is 0 Å². The Morgan fingerprint density at radius 1 is 1.43 bits per heavy atom. The van der Waals surface area contributed by atoms with Crippen molar-refractivity contribution in [3.8, 4) is 0 Å². The summed E-state index contributed by atoms with van der Waals surface area (Å²) in [5.41, 5.74) is 1.35. The van der Waals surface area contributed by atoms with Crippen LogP contribution in [0.25, 0.3) is 0 Å². The van der Waals surface area contributed by atoms with E-state index in [4.69, 9.17) is 23.2 Å². The number of amides is 1. The summed E-state index contributed by atoms with van der Waals surface area (Å²) in [6, 6.07) is 5.31. The van der Waals surface area contributed by atoms with Gasteiger partial charge in [0.05, 0.1) is 5.02 Å². The summed E-state index contributed by atoms with van der Waals surface area (Å²) in [7, 11) is 5.51. The van der Waals surface area contributed by atoms with Gasteiger partial charge in [0.1, 0.15) is 16.7 Å². The molecule has 0 fully saturated rings. The van der Waals surface area contributed by atoms with Crippen LogP contribution in [-0.4, -0.2) is 29.6 Å². The van der Waals surface area contributed by atoms with Gasteiger partial charge in [-0.1, -0.05) is 29.3 Å². The minimum atomic E-state index is -0.236. The molecule has 112 valence electrons. The van der Waals surface area contributed by atoms with Gasteiger partial charge < -0.3 is 14.8 Å². The lowest BCUT2D eigenvalue weighted by Crippen LogP contribution is -2.26. The van der Waals surface area contributed by atoms with Crippen LogP contribution < -0.4 is 10.2 Å². The molecule has 0 atom stereocenters. The molecule has 2 aromatic heterocycles. The second-order valence-electron chi connectivity index (χ2n) is 4.79. The van der Waals surface area contributed by atoms with Gasteiger partial charge in [-0.25, -0.2) is 4.98 Å². The third-order valence-electron chi connectivity index (χ3n) is 3.08. The van der Waals surface area contributed by atoms with E-state index in [2.05, 4.69) is 10.3 Å². The van der Waals surface area contributed by atoms with E-state index in [0.29, 0.717) is 22.4 Å². The summed E-state index contributed by atoms with van der Waals surface area (Å²) < 4.78 is 1.55. The Morgan fingerprint density at radius 2 is 2.14 bits per heavy atom. The van der Waals surface area contributed by atoms with E-state index in [1.54, 1.807) is 23.9 Å². The van der Waals surface area contributed by atoms with Gasteiger partial charge in [-0.15, -0.1) is 0 Å². The monoisotopic (exact) mass is 326 g/mol. The predicted molar refractivity (Wildman–Crippen MR) is 85.2 cm³/mol. The third-order valence-corrected chi connectivity index (χ3v) is 3.92. The molecular weight excluding hydrogens is 311 g/mol. The van der Waals surface area contributed by atoms with Crippen LogP contribution in [0.2, 0.25) is 10.2 Å². The van der Waals surface area contributed by atoms with E-state index in [-0.39, 0.29) is 5.91 Å². The molecule has 7 heteroatoms. The molecule has 0 saturated carbocycles. The quantitative estimate of drug-likeness (QED) is 0.939. The minimum absolute atomic E-state index is 0.236. The highest BCUT2D eigenvalue weighted by Crippen LogP contribution is 2.25. The van der Waals surface area contributed by atoms with Gasteiger partial charge >= 0.3 is 0 Å². The Bertz CT molecular complexity index is 667. The highest BCUT2D eigenvalue weighted by atomic mass is 35.5. The van der Waals surface area contributed by atoms with E-state index < -0.39 is 0 Å². The Labute approximate surface area is 133 Å². The van der Waals surface area contributed by atoms with Crippen LogP contribution >= 0.6 is 23.2 Å². The number of pyridine rings is 1. The lowest BCUT2D eigenvalue weighted by atomic mass is 10.2. The average molecular weight is 327 g/mol. The summed E-state index contributed by atoms with van der Waals surface area (Å²) in [5, 5.41) is 3.55. The molecular formula is C14H16Cl2N4O. The highest BCUT2D eigenvalue weighted by Gasteiger charge is 2.16. The number of nitrogens with zero attached hydrogens (tertiary/aromatic N) is 3. The number of halogens is 2. The molecule has 5 nitrogen and oxygen atoms in total. The van der Waals surface area contributed by atoms with Gasteiger partial charge in [0.25, 0.3) is 5.91 Å². The van der Waals surface area contributed by atoms with Crippen LogP contribution in [0.15, 0.2) is 24.4 Å². The van der Waals surface area contributed by atoms with Crippen molar-refractivity contribution in [2.24, 2.45) is 7.05 Å². The number of hydrogen-bond acceptors (Lipinski definition) is 3. The van der Waals surface area contributed by atoms with Crippen molar-refractivity contribution in [3.05, 3.63) is 45.8 Å². The van der Waals surface area contributed by atoms with Crippen molar-refractivity contribution < 1.29 is 4.79 Å². The van der Waals surface area contributed by atoms with Crippen LogP contribution in [-0.2, 0) is 13.6 Å². The third kappa shape index (κ3) is 3.31. The van der Waals surface area contributed by atoms with Crippen molar-refractivity contribution in [1.82, 2.24) is 14.9 Å². The van der Waals surface area contributed by atoms with Crippen molar-refractivity contribution in [2.45, 2.75) is 6.54 Å². The largest absolute Gasteiger partial charge is 0.362 e. The molecule has 2 aromatic rings. The molecule has 21 heavy (non-hydrogen) atoms. The average Bonchev–Trinajstić information content (AvgIpc) is 2.72. The Morgan fingerprint density at radius 3 is 2.71 bits per heavy atom. The maximum Gasteiger partial charge on any atom is 0.268 e. The first-order valence-electron chi connectivity index (χ1n) is 6.32. The molecule has 2 heterocycles. The van der Waals surface area contributed by atoms with Gasteiger partial charge in [0.2, 0.25) is 0 Å². The van der Waals surface area contributed by atoms with Crippen LogP contribution in [0.3, 0.4) is 0 Å². The number of carbonyl (C=O) groups excluding carboxylic acids is 1. The predicted octanol–water partition coefficient (Wildman–Crippen LogP) is 2.72. The zero-order valence-electron chi connectivity index (χ0n) is 12.0. The van der Waals surface area contributed by atoms with E-state index in [0.717, 1.165) is 11.4 Å². The van der Waals surface area contributed by atoms with Gasteiger partial charge in [-0.2, -0.15) is 0 Å². The van der Waals surface area contributed by atoms with E-state index in [1.807, 2.05) is 31.1 Å². The second kappa shape index (κ2) is 6.37. The minimum Gasteiger partial charge on any atom is -0.362 e. The number of rotatable bonds is 4. The van der Waals surface area contributed by atoms with Gasteiger partial charge in [0.15, 0.2) is 0 Å². The number of anilines is 1. The smallest absolute Gasteiger partial charge is 0.268 e.